The summed E-state index contributed by atoms with van der Waals surface area (Å²) in [5.74, 6) is -0.0558. The fourth-order valence-electron chi connectivity index (χ4n) is 5.18. The van der Waals surface area contributed by atoms with Gasteiger partial charge in [-0.05, 0) is 6.07 Å². The van der Waals surface area contributed by atoms with Gasteiger partial charge in [0.15, 0.2) is 29.1 Å². The topological polar surface area (TPSA) is 327 Å². The zero-order chi connectivity index (χ0) is 32.2. The largest absolute Gasteiger partial charge is 0.695 e. The fraction of sp³-hybridized carbons (Fsp3) is 0.476. The van der Waals surface area contributed by atoms with E-state index in [2.05, 4.69) is 25.0 Å². The van der Waals surface area contributed by atoms with Crippen molar-refractivity contribution in [1.29, 1.82) is 0 Å². The van der Waals surface area contributed by atoms with Gasteiger partial charge in [-0.3, -0.25) is 23.4 Å². The highest BCUT2D eigenvalue weighted by Gasteiger charge is 2.53. The Balaban J connectivity index is 1.22. The monoisotopic (exact) mass is 674 g/mol. The van der Waals surface area contributed by atoms with Gasteiger partial charge in [-0.2, -0.15) is 14.6 Å². The number of phosphoric ester groups is 1. The number of aliphatic hydroxyl groups excluding tert-OH is 3. The summed E-state index contributed by atoms with van der Waals surface area (Å²) in [6, 6.07) is 1.48. The Morgan fingerprint density at radius 1 is 1.13 bits per heavy atom. The standard InChI is InChI=1S/C21H25N9O13P2/c22-10-1-2-24-17-7(3-26-30(10)17)14-13(33)15(42-44(35)36)9(40-14)5-39-45(37,38)43-16-12(32)8(4-31)41-20(16)29-6-25-11-18(29)27-21(23)28-19(11)34/h1-3,6,8-9,12-16,20,31-33H,4-5H2,(H6-,22,23,24,26,27,28,34,35,36,37,38)/p+1/t8-,9-,12-,13+,14+,15-,16-,20-/m1/s1. The van der Waals surface area contributed by atoms with Crippen LogP contribution in [0, 0.1) is 0 Å². The van der Waals surface area contributed by atoms with Crippen molar-refractivity contribution >= 4 is 44.7 Å². The Kier molecular flexibility index (Phi) is 8.41. The van der Waals surface area contributed by atoms with Crippen LogP contribution >= 0.6 is 16.1 Å². The van der Waals surface area contributed by atoms with Crippen LogP contribution in [0.5, 0.6) is 0 Å². The van der Waals surface area contributed by atoms with E-state index >= 15 is 0 Å². The molecular formula is C21H26N9O13P2+. The molecule has 4 aromatic rings. The molecule has 0 radical (unpaired) electrons. The Labute approximate surface area is 250 Å². The van der Waals surface area contributed by atoms with Crippen molar-refractivity contribution in [3.05, 3.63) is 40.7 Å². The van der Waals surface area contributed by atoms with E-state index in [-0.39, 0.29) is 34.1 Å². The highest BCUT2D eigenvalue weighted by atomic mass is 31.2. The molecule has 2 fully saturated rings. The number of hydrogen-bond acceptors (Lipinski definition) is 17. The minimum atomic E-state index is -5.16. The summed E-state index contributed by atoms with van der Waals surface area (Å²) in [5.41, 5.74) is 11.0. The van der Waals surface area contributed by atoms with Crippen LogP contribution in [0.25, 0.3) is 16.8 Å². The second kappa shape index (κ2) is 12.0. The van der Waals surface area contributed by atoms with E-state index in [0.717, 1.165) is 10.9 Å². The minimum absolute atomic E-state index is 0.115. The van der Waals surface area contributed by atoms with Gasteiger partial charge in [-0.15, -0.1) is 9.42 Å². The number of aromatic nitrogens is 7. The average Bonchev–Trinajstić information content (AvgIpc) is 3.73. The SMILES string of the molecule is Nc1nc2c(ncn2[C@@H]2O[C@H](CO)[C@@H](O)[C@H]2OP(=O)(O)OC[C@H]2O[C@@H](c3cnn4c(N)ccnc34)[C@H](O)[C@@H]2O[P+](=O)O)c(=O)[nH]1. The van der Waals surface area contributed by atoms with Crippen LogP contribution < -0.4 is 17.0 Å². The normalized spacial score (nSPS) is 30.3. The summed E-state index contributed by atoms with van der Waals surface area (Å²) in [6.45, 7) is -1.56. The number of aliphatic hydroxyl groups is 3. The van der Waals surface area contributed by atoms with Crippen molar-refractivity contribution in [3.8, 4) is 0 Å². The van der Waals surface area contributed by atoms with Crippen molar-refractivity contribution in [3.63, 3.8) is 0 Å². The lowest BCUT2D eigenvalue weighted by atomic mass is 10.0. The fourth-order valence-corrected chi connectivity index (χ4v) is 6.58. The maximum atomic E-state index is 13.2. The maximum absolute atomic E-state index is 13.2. The molecule has 0 aliphatic carbocycles. The van der Waals surface area contributed by atoms with Gasteiger partial charge in [-0.25, -0.2) is 14.5 Å². The summed E-state index contributed by atoms with van der Waals surface area (Å²) in [6.07, 6.45) is -8.18. The van der Waals surface area contributed by atoms with Crippen LogP contribution in [0.2, 0.25) is 0 Å². The molecule has 45 heavy (non-hydrogen) atoms. The summed E-state index contributed by atoms with van der Waals surface area (Å²) in [4.78, 5) is 46.6. The van der Waals surface area contributed by atoms with Gasteiger partial charge in [0.05, 0.1) is 25.7 Å². The smallest absolute Gasteiger partial charge is 0.394 e. The van der Waals surface area contributed by atoms with E-state index in [1.807, 2.05) is 0 Å². The predicted molar refractivity (Wildman–Crippen MR) is 146 cm³/mol. The second-order valence-electron chi connectivity index (χ2n) is 9.95. The molecule has 0 aromatic carbocycles. The maximum Gasteiger partial charge on any atom is 0.695 e. The number of H-pyrrole nitrogens is 1. The number of anilines is 2. The van der Waals surface area contributed by atoms with Crippen LogP contribution in [-0.4, -0.2) is 109 Å². The number of nitrogens with zero attached hydrogens (tertiary/aromatic N) is 6. The van der Waals surface area contributed by atoms with Crippen molar-refractivity contribution in [2.24, 2.45) is 0 Å². The lowest BCUT2D eigenvalue weighted by Gasteiger charge is -2.24. The molecule has 242 valence electrons. The molecule has 0 saturated carbocycles. The highest BCUT2D eigenvalue weighted by molar-refractivity contribution is 7.47. The number of imidazole rings is 1. The zero-order valence-electron chi connectivity index (χ0n) is 22.6. The van der Waals surface area contributed by atoms with Gasteiger partial charge >= 0.3 is 16.1 Å². The number of ether oxygens (including phenoxy) is 2. The first-order valence-electron chi connectivity index (χ1n) is 13.0. The molecule has 2 aliphatic heterocycles. The number of phosphoric acid groups is 1. The lowest BCUT2D eigenvalue weighted by molar-refractivity contribution is -0.0544. The number of rotatable bonds is 10. The van der Waals surface area contributed by atoms with Gasteiger partial charge in [0.1, 0.15) is 42.4 Å². The quantitative estimate of drug-likeness (QED) is 0.0814. The van der Waals surface area contributed by atoms with Gasteiger partial charge in [0.2, 0.25) is 5.95 Å². The molecular weight excluding hydrogens is 648 g/mol. The van der Waals surface area contributed by atoms with Crippen LogP contribution in [0.4, 0.5) is 11.8 Å². The number of hydrogen-bond donors (Lipinski definition) is 8. The van der Waals surface area contributed by atoms with Crippen LogP contribution in [0.3, 0.4) is 0 Å². The molecule has 22 nitrogen and oxygen atoms in total. The Hall–Kier alpha value is -3.50. The Bertz CT molecular complexity index is 1850. The molecule has 0 spiro atoms. The first-order valence-corrected chi connectivity index (χ1v) is 15.6. The summed E-state index contributed by atoms with van der Waals surface area (Å²) < 4.78 is 53.8. The number of nitrogens with two attached hydrogens (primary N) is 2. The van der Waals surface area contributed by atoms with E-state index in [9.17, 15) is 39.0 Å². The molecule has 0 amide bonds. The number of aromatic amines is 1. The second-order valence-corrected chi connectivity index (χ2v) is 12.0. The first-order chi connectivity index (χ1) is 21.4. The molecule has 6 heterocycles. The first kappa shape index (κ1) is 31.5. The number of nitrogens with one attached hydrogen (secondary N) is 1. The predicted octanol–water partition coefficient (Wildman–Crippen LogP) is -2.38. The zero-order valence-corrected chi connectivity index (χ0v) is 24.4. The van der Waals surface area contributed by atoms with Gasteiger partial charge in [0.25, 0.3) is 5.56 Å². The van der Waals surface area contributed by atoms with E-state index in [1.165, 1.54) is 23.0 Å². The van der Waals surface area contributed by atoms with E-state index < -0.39 is 83.8 Å². The van der Waals surface area contributed by atoms with Crippen molar-refractivity contribution in [2.75, 3.05) is 24.7 Å². The molecule has 2 unspecified atom stereocenters. The van der Waals surface area contributed by atoms with Crippen molar-refractivity contribution in [2.45, 2.75) is 49.0 Å². The molecule has 6 rings (SSSR count). The highest BCUT2D eigenvalue weighted by Crippen LogP contribution is 2.50. The average molecular weight is 674 g/mol. The summed E-state index contributed by atoms with van der Waals surface area (Å²) >= 11 is 0. The molecule has 2 saturated heterocycles. The van der Waals surface area contributed by atoms with E-state index in [0.29, 0.717) is 0 Å². The molecule has 10 N–H and O–H groups in total. The number of fused-ring (bicyclic) bond motifs is 2. The molecule has 10 atom stereocenters. The molecule has 0 bridgehead atoms. The van der Waals surface area contributed by atoms with Gasteiger partial charge in [-0.1, -0.05) is 0 Å². The van der Waals surface area contributed by atoms with Crippen LogP contribution in [-0.2, 0) is 32.2 Å². The van der Waals surface area contributed by atoms with Gasteiger partial charge < -0.3 is 41.2 Å². The summed E-state index contributed by atoms with van der Waals surface area (Å²) in [5, 5.41) is 35.5. The van der Waals surface area contributed by atoms with E-state index in [4.69, 9.17) is 34.5 Å². The molecule has 2 aliphatic rings. The Morgan fingerprint density at radius 3 is 2.64 bits per heavy atom. The van der Waals surface area contributed by atoms with Crippen LogP contribution in [0.1, 0.15) is 17.9 Å². The summed E-state index contributed by atoms with van der Waals surface area (Å²) in [7, 11) is -8.44. The third-order valence-corrected chi connectivity index (χ3v) is 8.59. The third-order valence-electron chi connectivity index (χ3n) is 7.19. The minimum Gasteiger partial charge on any atom is -0.394 e. The van der Waals surface area contributed by atoms with Gasteiger partial charge in [0, 0.05) is 16.3 Å². The number of nitrogen functional groups attached to an aromatic ring is 2. The molecule has 24 heteroatoms. The third kappa shape index (κ3) is 5.83. The molecule has 4 aromatic heterocycles. The lowest BCUT2D eigenvalue weighted by Crippen LogP contribution is -2.36. The van der Waals surface area contributed by atoms with E-state index in [1.54, 1.807) is 0 Å². The Morgan fingerprint density at radius 2 is 1.91 bits per heavy atom. The van der Waals surface area contributed by atoms with Crippen molar-refractivity contribution < 1.29 is 57.3 Å². The van der Waals surface area contributed by atoms with Crippen molar-refractivity contribution in [1.82, 2.24) is 34.1 Å². The van der Waals surface area contributed by atoms with Crippen LogP contribution in [0.15, 0.2) is 29.6 Å².